The first-order valence-corrected chi connectivity index (χ1v) is 3.90. The number of hydrogen-bond donors (Lipinski definition) is 0. The monoisotopic (exact) mass is 170 g/mol. The molecular formula is C8H12NOS. The molecule has 0 saturated carbocycles. The Bertz CT molecular complexity index is 198. The van der Waals surface area contributed by atoms with Crippen molar-refractivity contribution >= 4 is 17.3 Å². The molecule has 1 heterocycles. The molecule has 0 aromatic rings. The first-order chi connectivity index (χ1) is 5.09. The van der Waals surface area contributed by atoms with Gasteiger partial charge in [0.05, 0.1) is 0 Å². The van der Waals surface area contributed by atoms with Gasteiger partial charge in [-0.05, 0) is 39.3 Å². The third-order valence-electron chi connectivity index (χ3n) is 1.45. The summed E-state index contributed by atoms with van der Waals surface area (Å²) in [4.78, 5) is 2.06. The van der Waals surface area contributed by atoms with Crippen LogP contribution in [-0.2, 0) is 4.74 Å². The molecule has 0 saturated heterocycles. The van der Waals surface area contributed by atoms with Gasteiger partial charge in [-0.15, -0.1) is 0 Å². The highest BCUT2D eigenvalue weighted by molar-refractivity contribution is 7.80. The Morgan fingerprint density at radius 3 is 2.73 bits per heavy atom. The van der Waals surface area contributed by atoms with Crippen LogP contribution in [0, 0.1) is 6.92 Å². The normalized spacial score (nSPS) is 23.8. The molecule has 1 aliphatic rings. The van der Waals surface area contributed by atoms with Gasteiger partial charge in [-0.25, -0.2) is 0 Å². The second kappa shape index (κ2) is 3.32. The number of hydrogen-bond acceptors (Lipinski definition) is 3. The van der Waals surface area contributed by atoms with Crippen LogP contribution in [0.2, 0.25) is 0 Å². The third kappa shape index (κ3) is 2.27. The second-order valence-corrected chi connectivity index (χ2v) is 3.27. The lowest BCUT2D eigenvalue weighted by molar-refractivity contribution is 0.205. The van der Waals surface area contributed by atoms with E-state index in [2.05, 4.69) is 11.8 Å². The average Bonchev–Trinajstić information content (AvgIpc) is 2.10. The van der Waals surface area contributed by atoms with Crippen molar-refractivity contribution in [2.75, 3.05) is 20.6 Å². The fraction of sp³-hybridized carbons (Fsp3) is 0.500. The van der Waals surface area contributed by atoms with Gasteiger partial charge in [-0.2, -0.15) is 0 Å². The van der Waals surface area contributed by atoms with Crippen molar-refractivity contribution in [1.29, 1.82) is 0 Å². The molecule has 1 unspecified atom stereocenters. The standard InChI is InChI=1S/C8H12NOS/c1-6-4-7(5-9(2)3)10-8(6)11/h4,7H,1,5H2,2-3H3. The number of rotatable bonds is 2. The van der Waals surface area contributed by atoms with E-state index in [1.807, 2.05) is 20.2 Å². The van der Waals surface area contributed by atoms with Crippen molar-refractivity contribution in [3.63, 3.8) is 0 Å². The number of likely N-dealkylation sites (N-methyl/N-ethyl adjacent to an activating group) is 1. The van der Waals surface area contributed by atoms with Crippen LogP contribution in [0.25, 0.3) is 0 Å². The predicted molar refractivity (Wildman–Crippen MR) is 49.5 cm³/mol. The van der Waals surface area contributed by atoms with Crippen molar-refractivity contribution in [1.82, 2.24) is 4.90 Å². The molecule has 1 atom stereocenters. The fourth-order valence-corrected chi connectivity index (χ4v) is 1.18. The van der Waals surface area contributed by atoms with Gasteiger partial charge in [0.2, 0.25) is 0 Å². The summed E-state index contributed by atoms with van der Waals surface area (Å²) in [7, 11) is 4.00. The smallest absolute Gasteiger partial charge is 0.187 e. The van der Waals surface area contributed by atoms with Crippen LogP contribution in [0.4, 0.5) is 0 Å². The van der Waals surface area contributed by atoms with Gasteiger partial charge in [-0.3, -0.25) is 0 Å². The van der Waals surface area contributed by atoms with Gasteiger partial charge in [0.15, 0.2) is 5.05 Å². The summed E-state index contributed by atoms with van der Waals surface area (Å²) in [6.07, 6.45) is 2.06. The van der Waals surface area contributed by atoms with Gasteiger partial charge in [-0.1, -0.05) is 0 Å². The number of thiocarbonyl (C=S) groups is 1. The Morgan fingerprint density at radius 2 is 2.36 bits per heavy atom. The molecule has 61 valence electrons. The van der Waals surface area contributed by atoms with E-state index in [4.69, 9.17) is 17.0 Å². The summed E-state index contributed by atoms with van der Waals surface area (Å²) in [5, 5.41) is 0.539. The lowest BCUT2D eigenvalue weighted by atomic mass is 10.2. The Kier molecular flexibility index (Phi) is 2.62. The van der Waals surface area contributed by atoms with E-state index in [0.717, 1.165) is 12.1 Å². The van der Waals surface area contributed by atoms with Crippen molar-refractivity contribution in [3.05, 3.63) is 18.6 Å². The molecule has 1 aliphatic heterocycles. The topological polar surface area (TPSA) is 12.5 Å². The molecule has 1 radical (unpaired) electrons. The summed E-state index contributed by atoms with van der Waals surface area (Å²) in [5.41, 5.74) is 0.840. The molecule has 0 N–H and O–H groups in total. The van der Waals surface area contributed by atoms with Crippen molar-refractivity contribution in [2.24, 2.45) is 0 Å². The molecule has 0 amide bonds. The zero-order chi connectivity index (χ0) is 8.43. The van der Waals surface area contributed by atoms with E-state index >= 15 is 0 Å². The number of ether oxygens (including phenoxy) is 1. The van der Waals surface area contributed by atoms with Gasteiger partial charge in [0.1, 0.15) is 6.10 Å². The van der Waals surface area contributed by atoms with Crippen LogP contribution in [0.3, 0.4) is 0 Å². The van der Waals surface area contributed by atoms with Crippen LogP contribution in [0.5, 0.6) is 0 Å². The Morgan fingerprint density at radius 1 is 1.73 bits per heavy atom. The van der Waals surface area contributed by atoms with Crippen molar-refractivity contribution in [2.45, 2.75) is 6.10 Å². The molecule has 0 bridgehead atoms. The van der Waals surface area contributed by atoms with E-state index in [9.17, 15) is 0 Å². The zero-order valence-electron chi connectivity index (χ0n) is 6.83. The minimum atomic E-state index is 0.102. The molecule has 0 aliphatic carbocycles. The van der Waals surface area contributed by atoms with E-state index in [-0.39, 0.29) is 6.10 Å². The summed E-state index contributed by atoms with van der Waals surface area (Å²) in [5.74, 6) is 0. The zero-order valence-corrected chi connectivity index (χ0v) is 7.65. The highest BCUT2D eigenvalue weighted by atomic mass is 32.1. The Balaban J connectivity index is 2.47. The lowest BCUT2D eigenvalue weighted by Crippen LogP contribution is -2.25. The van der Waals surface area contributed by atoms with Gasteiger partial charge in [0, 0.05) is 12.1 Å². The van der Waals surface area contributed by atoms with Gasteiger partial charge >= 0.3 is 0 Å². The van der Waals surface area contributed by atoms with E-state index < -0.39 is 0 Å². The first kappa shape index (κ1) is 8.68. The molecule has 2 nitrogen and oxygen atoms in total. The van der Waals surface area contributed by atoms with E-state index in [0.29, 0.717) is 5.05 Å². The SMILES string of the molecule is [CH2]C1=CC(CN(C)C)OC1=S. The quantitative estimate of drug-likeness (QED) is 0.574. The maximum atomic E-state index is 5.32. The van der Waals surface area contributed by atoms with Crippen LogP contribution >= 0.6 is 12.2 Å². The average molecular weight is 170 g/mol. The minimum absolute atomic E-state index is 0.102. The highest BCUT2D eigenvalue weighted by Gasteiger charge is 2.18. The maximum Gasteiger partial charge on any atom is 0.187 e. The Hall–Kier alpha value is -0.410. The largest absolute Gasteiger partial charge is 0.474 e. The van der Waals surface area contributed by atoms with Gasteiger partial charge in [0.25, 0.3) is 0 Å². The van der Waals surface area contributed by atoms with Crippen LogP contribution < -0.4 is 0 Å². The van der Waals surface area contributed by atoms with Crippen LogP contribution in [0.1, 0.15) is 0 Å². The molecule has 0 spiro atoms. The van der Waals surface area contributed by atoms with E-state index in [1.165, 1.54) is 0 Å². The fourth-order valence-electron chi connectivity index (χ4n) is 0.989. The van der Waals surface area contributed by atoms with Gasteiger partial charge < -0.3 is 9.64 Å². The maximum absolute atomic E-state index is 5.32. The first-order valence-electron chi connectivity index (χ1n) is 3.49. The summed E-state index contributed by atoms with van der Waals surface area (Å²) < 4.78 is 5.32. The van der Waals surface area contributed by atoms with Crippen LogP contribution in [0.15, 0.2) is 11.6 Å². The van der Waals surface area contributed by atoms with Crippen LogP contribution in [-0.4, -0.2) is 36.7 Å². The molecule has 1 rings (SSSR count). The minimum Gasteiger partial charge on any atom is -0.474 e. The van der Waals surface area contributed by atoms with E-state index in [1.54, 1.807) is 0 Å². The molecule has 3 heteroatoms. The third-order valence-corrected chi connectivity index (χ3v) is 1.81. The highest BCUT2D eigenvalue weighted by Crippen LogP contribution is 2.14. The molecule has 0 aromatic heterocycles. The molecule has 0 fully saturated rings. The summed E-state index contributed by atoms with van der Waals surface area (Å²) in [6.45, 7) is 4.61. The Labute approximate surface area is 72.8 Å². The summed E-state index contributed by atoms with van der Waals surface area (Å²) >= 11 is 4.90. The predicted octanol–water partition coefficient (Wildman–Crippen LogP) is 1.03. The molecule has 0 aromatic carbocycles. The summed E-state index contributed by atoms with van der Waals surface area (Å²) in [6, 6.07) is 0. The molecule has 11 heavy (non-hydrogen) atoms. The molecular weight excluding hydrogens is 158 g/mol. The lowest BCUT2D eigenvalue weighted by Gasteiger charge is -2.14. The second-order valence-electron chi connectivity index (χ2n) is 2.90. The van der Waals surface area contributed by atoms with Crippen molar-refractivity contribution in [3.8, 4) is 0 Å². The van der Waals surface area contributed by atoms with Crippen molar-refractivity contribution < 1.29 is 4.74 Å². The number of nitrogens with zero attached hydrogens (tertiary/aromatic N) is 1.